The molecule has 2 amide bonds. The maximum absolute atomic E-state index is 13.1. The Morgan fingerprint density at radius 2 is 1.87 bits per heavy atom. The summed E-state index contributed by atoms with van der Waals surface area (Å²) in [7, 11) is -3.86. The lowest BCUT2D eigenvalue weighted by Crippen LogP contribution is -2.50. The van der Waals surface area contributed by atoms with E-state index in [4.69, 9.17) is 0 Å². The van der Waals surface area contributed by atoms with E-state index in [2.05, 4.69) is 10.0 Å². The number of carbonyl (C=O) groups excluding carboxylic acids is 2. The molecule has 2 aliphatic rings. The van der Waals surface area contributed by atoms with Crippen molar-refractivity contribution in [3.63, 3.8) is 0 Å². The van der Waals surface area contributed by atoms with Crippen molar-refractivity contribution >= 4 is 27.5 Å². The second-order valence-electron chi connectivity index (χ2n) is 8.86. The van der Waals surface area contributed by atoms with Gasteiger partial charge in [-0.3, -0.25) is 9.59 Å². The van der Waals surface area contributed by atoms with Gasteiger partial charge >= 0.3 is 0 Å². The summed E-state index contributed by atoms with van der Waals surface area (Å²) in [4.78, 5) is 26.4. The first-order chi connectivity index (χ1) is 14.2. The summed E-state index contributed by atoms with van der Waals surface area (Å²) in [5.41, 5.74) is 1.59. The van der Waals surface area contributed by atoms with Crippen LogP contribution in [0.2, 0.25) is 0 Å². The van der Waals surface area contributed by atoms with E-state index in [9.17, 15) is 18.0 Å². The first kappa shape index (κ1) is 22.7. The summed E-state index contributed by atoms with van der Waals surface area (Å²) in [6.45, 7) is 6.01. The Morgan fingerprint density at radius 1 is 1.17 bits per heavy atom. The summed E-state index contributed by atoms with van der Waals surface area (Å²) >= 11 is 0. The second kappa shape index (κ2) is 9.47. The molecule has 7 nitrogen and oxygen atoms in total. The minimum atomic E-state index is -3.86. The highest BCUT2D eigenvalue weighted by atomic mass is 32.2. The van der Waals surface area contributed by atoms with Gasteiger partial charge in [-0.1, -0.05) is 33.1 Å². The predicted molar refractivity (Wildman–Crippen MR) is 117 cm³/mol. The predicted octanol–water partition coefficient (Wildman–Crippen LogP) is 2.74. The molecule has 1 fully saturated rings. The second-order valence-corrected chi connectivity index (χ2v) is 10.6. The largest absolute Gasteiger partial charge is 0.352 e. The third-order valence-corrected chi connectivity index (χ3v) is 7.38. The van der Waals surface area contributed by atoms with Gasteiger partial charge in [0, 0.05) is 25.2 Å². The zero-order valence-electron chi connectivity index (χ0n) is 18.1. The number of nitrogens with one attached hydrogen (secondary N) is 2. The van der Waals surface area contributed by atoms with Gasteiger partial charge in [0.15, 0.2) is 0 Å². The van der Waals surface area contributed by atoms with Crippen LogP contribution in [0.1, 0.15) is 64.9 Å². The van der Waals surface area contributed by atoms with Crippen molar-refractivity contribution in [1.29, 1.82) is 0 Å². The van der Waals surface area contributed by atoms with Crippen LogP contribution < -0.4 is 14.9 Å². The highest BCUT2D eigenvalue weighted by Crippen LogP contribution is 2.30. The zero-order valence-corrected chi connectivity index (χ0v) is 18.9. The molecule has 30 heavy (non-hydrogen) atoms. The quantitative estimate of drug-likeness (QED) is 0.688. The number of hydrogen-bond donors (Lipinski definition) is 2. The fourth-order valence-corrected chi connectivity index (χ4v) is 5.61. The Labute approximate surface area is 179 Å². The molecule has 3 rings (SSSR count). The number of fused-ring (bicyclic) bond motifs is 1. The zero-order chi connectivity index (χ0) is 21.9. The van der Waals surface area contributed by atoms with E-state index in [0.717, 1.165) is 36.9 Å². The van der Waals surface area contributed by atoms with Crippen LogP contribution in [0, 0.1) is 5.92 Å². The van der Waals surface area contributed by atoms with Crippen LogP contribution in [-0.4, -0.2) is 38.9 Å². The molecule has 8 heteroatoms. The monoisotopic (exact) mass is 435 g/mol. The van der Waals surface area contributed by atoms with Gasteiger partial charge in [-0.05, 0) is 55.4 Å². The number of hydrogen-bond acceptors (Lipinski definition) is 4. The van der Waals surface area contributed by atoms with E-state index in [1.165, 1.54) is 19.4 Å². The molecule has 0 spiro atoms. The standard InChI is InChI=1S/C22H33N3O4S/c1-15(2)13-20(22(27)23-18-7-5-4-6-8-18)24-30(28,29)19-9-10-21-17(14-19)11-12-25(21)16(3)26/h9-10,14-15,18,20,24H,4-8,11-13H2,1-3H3,(H,23,27). The van der Waals surface area contributed by atoms with E-state index in [1.807, 2.05) is 13.8 Å². The van der Waals surface area contributed by atoms with E-state index >= 15 is 0 Å². The molecule has 0 aromatic heterocycles. The number of benzene rings is 1. The molecule has 1 aliphatic heterocycles. The molecule has 1 aliphatic carbocycles. The van der Waals surface area contributed by atoms with E-state index in [1.54, 1.807) is 17.0 Å². The van der Waals surface area contributed by atoms with E-state index in [0.29, 0.717) is 19.4 Å². The topological polar surface area (TPSA) is 95.6 Å². The first-order valence-corrected chi connectivity index (χ1v) is 12.4. The maximum atomic E-state index is 13.1. The summed E-state index contributed by atoms with van der Waals surface area (Å²) < 4.78 is 28.8. The SMILES string of the molecule is CC(=O)N1CCc2cc(S(=O)(=O)NC(CC(C)C)C(=O)NC3CCCCC3)ccc21. The van der Waals surface area contributed by atoms with Crippen molar-refractivity contribution in [2.75, 3.05) is 11.4 Å². The molecule has 1 atom stereocenters. The molecule has 0 bridgehead atoms. The summed E-state index contributed by atoms with van der Waals surface area (Å²) in [6.07, 6.45) is 6.33. The number of sulfonamides is 1. The highest BCUT2D eigenvalue weighted by Gasteiger charge is 2.30. The van der Waals surface area contributed by atoms with Crippen LogP contribution in [0.5, 0.6) is 0 Å². The van der Waals surface area contributed by atoms with Gasteiger partial charge in [0.1, 0.15) is 6.04 Å². The molecule has 1 aromatic rings. The molecule has 2 N–H and O–H groups in total. The Hall–Kier alpha value is -1.93. The summed E-state index contributed by atoms with van der Waals surface area (Å²) in [5, 5.41) is 3.05. The van der Waals surface area contributed by atoms with Crippen molar-refractivity contribution in [3.05, 3.63) is 23.8 Å². The lowest BCUT2D eigenvalue weighted by molar-refractivity contribution is -0.124. The van der Waals surface area contributed by atoms with Crippen LogP contribution in [-0.2, 0) is 26.0 Å². The van der Waals surface area contributed by atoms with Crippen molar-refractivity contribution in [2.45, 2.75) is 82.7 Å². The van der Waals surface area contributed by atoms with Crippen LogP contribution >= 0.6 is 0 Å². The lowest BCUT2D eigenvalue weighted by Gasteiger charge is -2.26. The van der Waals surface area contributed by atoms with Gasteiger partial charge in [0.05, 0.1) is 4.90 Å². The Kier molecular flexibility index (Phi) is 7.18. The molecular formula is C22H33N3O4S. The molecule has 0 radical (unpaired) electrons. The minimum Gasteiger partial charge on any atom is -0.352 e. The smallest absolute Gasteiger partial charge is 0.241 e. The minimum absolute atomic E-state index is 0.0566. The molecule has 1 saturated carbocycles. The van der Waals surface area contributed by atoms with Gasteiger partial charge in [0.25, 0.3) is 0 Å². The van der Waals surface area contributed by atoms with Crippen LogP contribution in [0.4, 0.5) is 5.69 Å². The maximum Gasteiger partial charge on any atom is 0.241 e. The van der Waals surface area contributed by atoms with E-state index in [-0.39, 0.29) is 28.7 Å². The first-order valence-electron chi connectivity index (χ1n) is 10.9. The van der Waals surface area contributed by atoms with Crippen molar-refractivity contribution in [1.82, 2.24) is 10.0 Å². The molecular weight excluding hydrogens is 402 g/mol. The Bertz CT molecular complexity index is 892. The van der Waals surface area contributed by atoms with Crippen LogP contribution in [0.3, 0.4) is 0 Å². The Morgan fingerprint density at radius 3 is 2.50 bits per heavy atom. The fourth-order valence-electron chi connectivity index (χ4n) is 4.36. The van der Waals surface area contributed by atoms with Crippen molar-refractivity contribution in [3.8, 4) is 0 Å². The number of amides is 2. The molecule has 1 heterocycles. The van der Waals surface area contributed by atoms with Gasteiger partial charge in [-0.2, -0.15) is 4.72 Å². The Balaban J connectivity index is 1.76. The van der Waals surface area contributed by atoms with Crippen molar-refractivity contribution in [2.24, 2.45) is 5.92 Å². The molecule has 1 unspecified atom stereocenters. The third-order valence-electron chi connectivity index (χ3n) is 5.91. The average molecular weight is 436 g/mol. The van der Waals surface area contributed by atoms with Gasteiger partial charge < -0.3 is 10.2 Å². The summed E-state index contributed by atoms with van der Waals surface area (Å²) in [5.74, 6) is -0.138. The third kappa shape index (κ3) is 5.40. The van der Waals surface area contributed by atoms with Crippen molar-refractivity contribution < 1.29 is 18.0 Å². The average Bonchev–Trinajstić information content (AvgIpc) is 3.11. The number of anilines is 1. The normalized spacial score (nSPS) is 18.3. The molecule has 0 saturated heterocycles. The number of rotatable bonds is 7. The summed E-state index contributed by atoms with van der Waals surface area (Å²) in [6, 6.07) is 4.12. The number of nitrogens with zero attached hydrogens (tertiary/aromatic N) is 1. The molecule has 1 aromatic carbocycles. The van der Waals surface area contributed by atoms with Crippen LogP contribution in [0.15, 0.2) is 23.1 Å². The van der Waals surface area contributed by atoms with Gasteiger partial charge in [0.2, 0.25) is 21.8 Å². The van der Waals surface area contributed by atoms with Crippen LogP contribution in [0.25, 0.3) is 0 Å². The van der Waals surface area contributed by atoms with Gasteiger partial charge in [-0.25, -0.2) is 8.42 Å². The molecule has 166 valence electrons. The lowest BCUT2D eigenvalue weighted by atomic mass is 9.95. The van der Waals surface area contributed by atoms with E-state index < -0.39 is 16.1 Å². The van der Waals surface area contributed by atoms with Gasteiger partial charge in [-0.15, -0.1) is 0 Å². The highest BCUT2D eigenvalue weighted by molar-refractivity contribution is 7.89. The number of carbonyl (C=O) groups is 2. The fraction of sp³-hybridized carbons (Fsp3) is 0.636.